The number of carbonyl (C=O) groups is 3. The SMILES string of the molecule is CC[C@H](C)[C@H](NC(=O)N1CCC(C(=O)OC)C1)C(=O)O. The molecule has 0 aliphatic carbocycles. The van der Waals surface area contributed by atoms with Gasteiger partial charge in [-0.1, -0.05) is 20.3 Å². The van der Waals surface area contributed by atoms with Crippen molar-refractivity contribution in [3.8, 4) is 0 Å². The Balaban J connectivity index is 2.58. The zero-order valence-electron chi connectivity index (χ0n) is 12.1. The van der Waals surface area contributed by atoms with Crippen molar-refractivity contribution in [3.63, 3.8) is 0 Å². The fourth-order valence-corrected chi connectivity index (χ4v) is 2.21. The number of urea groups is 1. The quantitative estimate of drug-likeness (QED) is 0.725. The molecule has 1 fully saturated rings. The van der Waals surface area contributed by atoms with E-state index in [-0.39, 0.29) is 24.3 Å². The number of methoxy groups -OCH3 is 1. The maximum Gasteiger partial charge on any atom is 0.326 e. The summed E-state index contributed by atoms with van der Waals surface area (Å²) in [5.74, 6) is -1.86. The van der Waals surface area contributed by atoms with Gasteiger partial charge in [0.25, 0.3) is 0 Å². The van der Waals surface area contributed by atoms with E-state index in [1.165, 1.54) is 12.0 Å². The largest absolute Gasteiger partial charge is 0.480 e. The van der Waals surface area contributed by atoms with Gasteiger partial charge < -0.3 is 20.1 Å². The summed E-state index contributed by atoms with van der Waals surface area (Å²) < 4.78 is 4.65. The van der Waals surface area contributed by atoms with Crippen LogP contribution in [0.1, 0.15) is 26.7 Å². The molecule has 0 radical (unpaired) electrons. The summed E-state index contributed by atoms with van der Waals surface area (Å²) >= 11 is 0. The van der Waals surface area contributed by atoms with Crippen molar-refractivity contribution in [2.45, 2.75) is 32.7 Å². The average molecular weight is 286 g/mol. The molecule has 1 heterocycles. The van der Waals surface area contributed by atoms with Crippen LogP contribution in [0.2, 0.25) is 0 Å². The summed E-state index contributed by atoms with van der Waals surface area (Å²) in [6.07, 6.45) is 1.20. The van der Waals surface area contributed by atoms with Gasteiger partial charge in [-0.2, -0.15) is 0 Å². The number of amides is 2. The highest BCUT2D eigenvalue weighted by Gasteiger charge is 2.34. The maximum absolute atomic E-state index is 12.0. The van der Waals surface area contributed by atoms with E-state index in [9.17, 15) is 14.4 Å². The second kappa shape index (κ2) is 7.12. The first-order chi connectivity index (χ1) is 9.40. The summed E-state index contributed by atoms with van der Waals surface area (Å²) in [5, 5.41) is 11.7. The molecule has 2 N–H and O–H groups in total. The van der Waals surface area contributed by atoms with Gasteiger partial charge in [-0.3, -0.25) is 4.79 Å². The Morgan fingerprint density at radius 1 is 1.45 bits per heavy atom. The van der Waals surface area contributed by atoms with Crippen molar-refractivity contribution >= 4 is 18.0 Å². The third kappa shape index (κ3) is 3.85. The van der Waals surface area contributed by atoms with Gasteiger partial charge in [0, 0.05) is 13.1 Å². The van der Waals surface area contributed by atoms with Gasteiger partial charge in [-0.05, 0) is 12.3 Å². The Morgan fingerprint density at radius 3 is 2.60 bits per heavy atom. The van der Waals surface area contributed by atoms with Gasteiger partial charge in [0.1, 0.15) is 6.04 Å². The Morgan fingerprint density at radius 2 is 2.10 bits per heavy atom. The van der Waals surface area contributed by atoms with Crippen molar-refractivity contribution in [3.05, 3.63) is 0 Å². The van der Waals surface area contributed by atoms with Crippen molar-refractivity contribution in [2.75, 3.05) is 20.2 Å². The Hall–Kier alpha value is -1.79. The fourth-order valence-electron chi connectivity index (χ4n) is 2.21. The molecule has 0 saturated carbocycles. The number of hydrogen-bond donors (Lipinski definition) is 2. The minimum atomic E-state index is -1.04. The molecular weight excluding hydrogens is 264 g/mol. The number of carbonyl (C=O) groups excluding carboxylic acids is 2. The zero-order valence-corrected chi connectivity index (χ0v) is 12.1. The van der Waals surface area contributed by atoms with Crippen molar-refractivity contribution < 1.29 is 24.2 Å². The summed E-state index contributed by atoms with van der Waals surface area (Å²) in [7, 11) is 1.31. The molecule has 0 bridgehead atoms. The first kappa shape index (κ1) is 16.3. The lowest BCUT2D eigenvalue weighted by Gasteiger charge is -2.24. The number of ether oxygens (including phenoxy) is 1. The predicted octanol–water partition coefficient (Wildman–Crippen LogP) is 0.690. The molecule has 0 aromatic heterocycles. The van der Waals surface area contributed by atoms with Crippen molar-refractivity contribution in [1.29, 1.82) is 0 Å². The summed E-state index contributed by atoms with van der Waals surface area (Å²) in [4.78, 5) is 36.0. The van der Waals surface area contributed by atoms with Crippen LogP contribution in [0, 0.1) is 11.8 Å². The van der Waals surface area contributed by atoms with Crippen LogP contribution in [0.25, 0.3) is 0 Å². The molecular formula is C13H22N2O5. The maximum atomic E-state index is 12.0. The number of nitrogens with one attached hydrogen (secondary N) is 1. The highest BCUT2D eigenvalue weighted by molar-refractivity contribution is 5.83. The first-order valence-electron chi connectivity index (χ1n) is 6.76. The van der Waals surface area contributed by atoms with E-state index in [1.807, 2.05) is 6.92 Å². The minimum absolute atomic E-state index is 0.157. The number of esters is 1. The van der Waals surface area contributed by atoms with Crippen molar-refractivity contribution in [1.82, 2.24) is 10.2 Å². The summed E-state index contributed by atoms with van der Waals surface area (Å²) in [5.41, 5.74) is 0. The molecule has 0 spiro atoms. The number of likely N-dealkylation sites (tertiary alicyclic amines) is 1. The molecule has 7 nitrogen and oxygen atoms in total. The third-order valence-corrected chi connectivity index (χ3v) is 3.77. The Kier molecular flexibility index (Phi) is 5.79. The number of hydrogen-bond acceptors (Lipinski definition) is 4. The normalized spacial score (nSPS) is 21.1. The van der Waals surface area contributed by atoms with E-state index in [4.69, 9.17) is 5.11 Å². The molecule has 1 saturated heterocycles. The minimum Gasteiger partial charge on any atom is -0.480 e. The number of carboxylic acid groups (broad SMARTS) is 1. The van der Waals surface area contributed by atoms with Gasteiger partial charge in [0.05, 0.1) is 13.0 Å². The molecule has 20 heavy (non-hydrogen) atoms. The highest BCUT2D eigenvalue weighted by atomic mass is 16.5. The van der Waals surface area contributed by atoms with Gasteiger partial charge in [-0.25, -0.2) is 9.59 Å². The highest BCUT2D eigenvalue weighted by Crippen LogP contribution is 2.18. The lowest BCUT2D eigenvalue weighted by Crippen LogP contribution is -2.50. The molecule has 114 valence electrons. The van der Waals surface area contributed by atoms with Crippen LogP contribution in [0.5, 0.6) is 0 Å². The van der Waals surface area contributed by atoms with E-state index >= 15 is 0 Å². The molecule has 1 rings (SSSR count). The predicted molar refractivity (Wildman–Crippen MR) is 71.1 cm³/mol. The van der Waals surface area contributed by atoms with Crippen LogP contribution in [0.15, 0.2) is 0 Å². The number of nitrogens with zero attached hydrogens (tertiary/aromatic N) is 1. The van der Waals surface area contributed by atoms with Crippen molar-refractivity contribution in [2.24, 2.45) is 11.8 Å². The van der Waals surface area contributed by atoms with Gasteiger partial charge in [0.2, 0.25) is 0 Å². The fraction of sp³-hybridized carbons (Fsp3) is 0.769. The van der Waals surface area contributed by atoms with Gasteiger partial charge in [0.15, 0.2) is 0 Å². The number of rotatable bonds is 5. The van der Waals surface area contributed by atoms with E-state index in [2.05, 4.69) is 10.1 Å². The Labute approximate surface area is 118 Å². The van der Waals surface area contributed by atoms with E-state index in [1.54, 1.807) is 6.92 Å². The van der Waals surface area contributed by atoms with Crippen LogP contribution >= 0.6 is 0 Å². The van der Waals surface area contributed by atoms with E-state index < -0.39 is 18.0 Å². The zero-order chi connectivity index (χ0) is 15.3. The van der Waals surface area contributed by atoms with Gasteiger partial charge in [-0.15, -0.1) is 0 Å². The lowest BCUT2D eigenvalue weighted by molar-refractivity contribution is -0.145. The molecule has 1 unspecified atom stereocenters. The lowest BCUT2D eigenvalue weighted by atomic mass is 9.99. The standard InChI is InChI=1S/C13H22N2O5/c1-4-8(2)10(11(16)17)14-13(19)15-6-5-9(7-15)12(18)20-3/h8-10H,4-7H2,1-3H3,(H,14,19)(H,16,17)/t8-,9?,10-/m0/s1. The number of carboxylic acids is 1. The van der Waals surface area contributed by atoms with Crippen LogP contribution in [-0.4, -0.2) is 54.2 Å². The van der Waals surface area contributed by atoms with Crippen LogP contribution in [-0.2, 0) is 14.3 Å². The molecule has 2 amide bonds. The molecule has 0 aromatic rings. The second-order valence-corrected chi connectivity index (χ2v) is 5.11. The number of aliphatic carboxylic acids is 1. The van der Waals surface area contributed by atoms with Crippen LogP contribution in [0.4, 0.5) is 4.79 Å². The monoisotopic (exact) mass is 286 g/mol. The molecule has 3 atom stereocenters. The molecule has 7 heteroatoms. The van der Waals surface area contributed by atoms with Crippen LogP contribution in [0.3, 0.4) is 0 Å². The molecule has 1 aliphatic rings. The molecule has 1 aliphatic heterocycles. The van der Waals surface area contributed by atoms with E-state index in [0.717, 1.165) is 0 Å². The summed E-state index contributed by atoms with van der Waals surface area (Å²) in [6, 6.07) is -1.35. The Bertz CT molecular complexity index is 385. The van der Waals surface area contributed by atoms with E-state index in [0.29, 0.717) is 19.4 Å². The first-order valence-corrected chi connectivity index (χ1v) is 6.76. The van der Waals surface area contributed by atoms with Crippen LogP contribution < -0.4 is 5.32 Å². The second-order valence-electron chi connectivity index (χ2n) is 5.11. The molecule has 0 aromatic carbocycles. The topological polar surface area (TPSA) is 95.9 Å². The van der Waals surface area contributed by atoms with Gasteiger partial charge >= 0.3 is 18.0 Å². The third-order valence-electron chi connectivity index (χ3n) is 3.77. The smallest absolute Gasteiger partial charge is 0.326 e. The average Bonchev–Trinajstić information content (AvgIpc) is 2.92. The summed E-state index contributed by atoms with van der Waals surface area (Å²) in [6.45, 7) is 4.35.